The molecule has 2 nitrogen and oxygen atoms in total. The summed E-state index contributed by atoms with van der Waals surface area (Å²) >= 11 is 0. The van der Waals surface area contributed by atoms with Crippen LogP contribution >= 0.6 is 0 Å². The Bertz CT molecular complexity index is 385. The molecular formula is C21H34O2. The predicted molar refractivity (Wildman–Crippen MR) is 97.6 cm³/mol. The van der Waals surface area contributed by atoms with E-state index in [1.165, 1.54) is 32.1 Å². The molecular weight excluding hydrogens is 284 g/mol. The average molecular weight is 319 g/mol. The van der Waals surface area contributed by atoms with Gasteiger partial charge in [0.1, 0.15) is 0 Å². The van der Waals surface area contributed by atoms with Crippen LogP contribution in [0.3, 0.4) is 0 Å². The van der Waals surface area contributed by atoms with E-state index in [0.29, 0.717) is 24.4 Å². The Morgan fingerprint density at radius 2 is 1.61 bits per heavy atom. The second-order valence-corrected chi connectivity index (χ2v) is 6.79. The summed E-state index contributed by atoms with van der Waals surface area (Å²) in [5.41, 5.74) is 0. The number of allylic oxidation sites excluding steroid dienone is 4. The number of hydrogen-bond acceptors (Lipinski definition) is 2. The van der Waals surface area contributed by atoms with Crippen LogP contribution in [0.1, 0.15) is 71.1 Å². The molecule has 2 heteroatoms. The second-order valence-electron chi connectivity index (χ2n) is 6.79. The number of ether oxygens (including phenoxy) is 2. The van der Waals surface area contributed by atoms with Crippen LogP contribution in [-0.4, -0.2) is 24.4 Å². The Morgan fingerprint density at radius 1 is 0.826 bits per heavy atom. The minimum absolute atomic E-state index is 0.448. The topological polar surface area (TPSA) is 25.1 Å². The van der Waals surface area contributed by atoms with Gasteiger partial charge in [-0.3, -0.25) is 0 Å². The van der Waals surface area contributed by atoms with Gasteiger partial charge >= 0.3 is 0 Å². The summed E-state index contributed by atoms with van der Waals surface area (Å²) in [5.74, 6) is 0. The maximum atomic E-state index is 5.76. The van der Waals surface area contributed by atoms with Gasteiger partial charge in [-0.25, -0.2) is 0 Å². The fraction of sp³-hybridized carbons (Fsp3) is 0.714. The highest BCUT2D eigenvalue weighted by Gasteiger charge is 2.47. The number of epoxide rings is 2. The highest BCUT2D eigenvalue weighted by Crippen LogP contribution is 2.38. The van der Waals surface area contributed by atoms with Crippen LogP contribution in [0.2, 0.25) is 0 Å². The molecule has 2 aliphatic heterocycles. The molecule has 0 saturated carbocycles. The van der Waals surface area contributed by atoms with Gasteiger partial charge in [0.2, 0.25) is 0 Å². The largest absolute Gasteiger partial charge is 0.369 e. The summed E-state index contributed by atoms with van der Waals surface area (Å²) in [4.78, 5) is 0. The highest BCUT2D eigenvalue weighted by molar-refractivity contribution is 5.00. The summed E-state index contributed by atoms with van der Waals surface area (Å²) < 4.78 is 11.5. The first-order chi connectivity index (χ1) is 11.3. The van der Waals surface area contributed by atoms with Crippen molar-refractivity contribution in [3.8, 4) is 0 Å². The molecule has 0 aromatic heterocycles. The molecule has 0 aromatic carbocycles. The van der Waals surface area contributed by atoms with Crippen molar-refractivity contribution in [3.63, 3.8) is 0 Å². The van der Waals surface area contributed by atoms with Gasteiger partial charge in [0.25, 0.3) is 0 Å². The van der Waals surface area contributed by atoms with E-state index in [1.54, 1.807) is 0 Å². The minimum atomic E-state index is 0.448. The van der Waals surface area contributed by atoms with E-state index in [-0.39, 0.29) is 0 Å². The maximum absolute atomic E-state index is 5.76. The molecule has 0 amide bonds. The van der Waals surface area contributed by atoms with E-state index >= 15 is 0 Å². The van der Waals surface area contributed by atoms with Crippen molar-refractivity contribution >= 4 is 0 Å². The van der Waals surface area contributed by atoms with Crippen LogP contribution in [0.5, 0.6) is 0 Å². The fourth-order valence-electron chi connectivity index (χ4n) is 3.06. The van der Waals surface area contributed by atoms with Gasteiger partial charge in [0.05, 0.1) is 24.4 Å². The molecule has 0 radical (unpaired) electrons. The lowest BCUT2D eigenvalue weighted by Crippen LogP contribution is -2.01. The molecule has 0 bridgehead atoms. The van der Waals surface area contributed by atoms with Crippen LogP contribution in [0.15, 0.2) is 37.0 Å². The van der Waals surface area contributed by atoms with Crippen molar-refractivity contribution in [3.05, 3.63) is 37.0 Å². The minimum Gasteiger partial charge on any atom is -0.369 e. The summed E-state index contributed by atoms with van der Waals surface area (Å²) in [6.07, 6.45) is 24.8. The lowest BCUT2D eigenvalue weighted by atomic mass is 10.1. The molecule has 2 aliphatic rings. The Hall–Kier alpha value is -0.860. The lowest BCUT2D eigenvalue weighted by molar-refractivity contribution is 0.321. The van der Waals surface area contributed by atoms with Crippen LogP contribution in [0.25, 0.3) is 0 Å². The van der Waals surface area contributed by atoms with Crippen molar-refractivity contribution in [2.75, 3.05) is 0 Å². The number of rotatable bonds is 14. The third-order valence-corrected chi connectivity index (χ3v) is 4.69. The van der Waals surface area contributed by atoms with E-state index in [2.05, 4.69) is 37.8 Å². The van der Waals surface area contributed by atoms with Gasteiger partial charge in [-0.15, -0.1) is 6.58 Å². The van der Waals surface area contributed by atoms with Crippen molar-refractivity contribution in [2.45, 2.75) is 95.5 Å². The third kappa shape index (κ3) is 7.99. The Balaban J connectivity index is 1.42. The quantitative estimate of drug-likeness (QED) is 0.232. The molecule has 0 spiro atoms. The molecule has 2 rings (SSSR count). The molecule has 23 heavy (non-hydrogen) atoms. The summed E-state index contributed by atoms with van der Waals surface area (Å²) in [7, 11) is 0. The zero-order chi connectivity index (χ0) is 16.3. The van der Waals surface area contributed by atoms with Gasteiger partial charge in [-0.1, -0.05) is 56.6 Å². The fourth-order valence-corrected chi connectivity index (χ4v) is 3.06. The number of unbranched alkanes of at least 4 members (excludes halogenated alkanes) is 4. The summed E-state index contributed by atoms with van der Waals surface area (Å²) in [5, 5.41) is 0. The number of hydrogen-bond donors (Lipinski definition) is 0. The van der Waals surface area contributed by atoms with Crippen LogP contribution in [0.4, 0.5) is 0 Å². The lowest BCUT2D eigenvalue weighted by Gasteiger charge is -1.94. The van der Waals surface area contributed by atoms with Crippen LogP contribution in [-0.2, 0) is 9.47 Å². The van der Waals surface area contributed by atoms with Gasteiger partial charge in [0, 0.05) is 6.42 Å². The van der Waals surface area contributed by atoms with Crippen molar-refractivity contribution in [2.24, 2.45) is 0 Å². The maximum Gasteiger partial charge on any atom is 0.0877 e. The molecule has 0 N–H and O–H groups in total. The zero-order valence-electron chi connectivity index (χ0n) is 14.8. The van der Waals surface area contributed by atoms with Crippen molar-refractivity contribution in [1.29, 1.82) is 0 Å². The third-order valence-electron chi connectivity index (χ3n) is 4.69. The Labute approximate surface area is 142 Å². The van der Waals surface area contributed by atoms with E-state index in [1.807, 2.05) is 6.08 Å². The average Bonchev–Trinajstić information content (AvgIpc) is 3.46. The highest BCUT2D eigenvalue weighted by atomic mass is 16.6. The predicted octanol–water partition coefficient (Wildman–Crippen LogP) is 5.74. The first-order valence-corrected chi connectivity index (χ1v) is 9.57. The second kappa shape index (κ2) is 10.8. The summed E-state index contributed by atoms with van der Waals surface area (Å²) in [6, 6.07) is 0. The molecule has 130 valence electrons. The molecule has 4 atom stereocenters. The van der Waals surface area contributed by atoms with Crippen LogP contribution < -0.4 is 0 Å². The Kier molecular flexibility index (Phi) is 8.70. The molecule has 4 unspecified atom stereocenters. The van der Waals surface area contributed by atoms with Gasteiger partial charge in [-0.2, -0.15) is 0 Å². The molecule has 0 aliphatic carbocycles. The van der Waals surface area contributed by atoms with E-state index in [9.17, 15) is 0 Å². The van der Waals surface area contributed by atoms with Crippen molar-refractivity contribution in [1.82, 2.24) is 0 Å². The standard InChI is InChI=1S/C21H34O2/c1-3-5-7-8-9-10-11-12-14-16-19-21(23-19)17-20-18(22-20)15-13-6-4-2/h3,9-10,12,14,18-21H,1,4-8,11,13,15-17H2,2H3. The first-order valence-electron chi connectivity index (χ1n) is 9.57. The van der Waals surface area contributed by atoms with Gasteiger partial charge < -0.3 is 9.47 Å². The summed E-state index contributed by atoms with van der Waals surface area (Å²) in [6.45, 7) is 5.98. The van der Waals surface area contributed by atoms with E-state index < -0.39 is 0 Å². The molecule has 2 heterocycles. The zero-order valence-corrected chi connectivity index (χ0v) is 14.8. The van der Waals surface area contributed by atoms with E-state index in [0.717, 1.165) is 32.1 Å². The van der Waals surface area contributed by atoms with Crippen LogP contribution in [0, 0.1) is 0 Å². The Morgan fingerprint density at radius 3 is 2.43 bits per heavy atom. The van der Waals surface area contributed by atoms with Gasteiger partial charge in [0.15, 0.2) is 0 Å². The smallest absolute Gasteiger partial charge is 0.0877 e. The molecule has 2 fully saturated rings. The molecule has 0 aromatic rings. The first kappa shape index (κ1) is 18.5. The normalized spacial score (nSPS) is 29.4. The van der Waals surface area contributed by atoms with Crippen molar-refractivity contribution < 1.29 is 9.47 Å². The van der Waals surface area contributed by atoms with E-state index in [4.69, 9.17) is 9.47 Å². The van der Waals surface area contributed by atoms with Gasteiger partial charge in [-0.05, 0) is 38.5 Å². The monoisotopic (exact) mass is 318 g/mol. The SMILES string of the molecule is C=CCCCC=CCC=CCC1OC1CC1OC1CCCCC. The molecule has 2 saturated heterocycles.